The predicted molar refractivity (Wildman–Crippen MR) is 100 cm³/mol. The number of hydrogen-bond donors (Lipinski definition) is 1. The van der Waals surface area contributed by atoms with E-state index in [4.69, 9.17) is 9.47 Å². The van der Waals surface area contributed by atoms with Gasteiger partial charge in [-0.2, -0.15) is 13.2 Å². The highest BCUT2D eigenvalue weighted by atomic mass is 19.4. The van der Waals surface area contributed by atoms with Gasteiger partial charge in [0.25, 0.3) is 5.97 Å². The summed E-state index contributed by atoms with van der Waals surface area (Å²) in [7, 11) is 2.80. The van der Waals surface area contributed by atoms with E-state index in [9.17, 15) is 18.3 Å². The molecular weight excluding hydrogens is 357 g/mol. The first-order chi connectivity index (χ1) is 12.8. The number of alkyl halides is 3. The van der Waals surface area contributed by atoms with E-state index in [1.165, 1.54) is 45.6 Å². The fourth-order valence-corrected chi connectivity index (χ4v) is 3.30. The lowest BCUT2D eigenvalue weighted by molar-refractivity contribution is -0.369. The van der Waals surface area contributed by atoms with Crippen LogP contribution in [0.4, 0.5) is 13.2 Å². The van der Waals surface area contributed by atoms with E-state index in [0.717, 1.165) is 43.4 Å². The van der Waals surface area contributed by atoms with Crippen LogP contribution in [0.3, 0.4) is 0 Å². The standard InChI is InChI=1S/C21H33F3O3/c1-4-5-6-7-8-9-10-19(21(25,26-2)27-3)16-13-17-11-14-18(15-12-17)20(22,23)24/h11-12,14-15,19,25H,4-10,13,16H2,1-3H3. The maximum absolute atomic E-state index is 12.7. The van der Waals surface area contributed by atoms with Gasteiger partial charge in [0.15, 0.2) is 0 Å². The number of aliphatic hydroxyl groups is 1. The SMILES string of the molecule is CCCCCCCCC(CCc1ccc(C(F)(F)F)cc1)C(O)(OC)OC. The Morgan fingerprint density at radius 1 is 0.889 bits per heavy atom. The summed E-state index contributed by atoms with van der Waals surface area (Å²) >= 11 is 0. The van der Waals surface area contributed by atoms with Gasteiger partial charge in [-0.15, -0.1) is 0 Å². The lowest BCUT2D eigenvalue weighted by Gasteiger charge is -2.33. The molecule has 0 saturated carbocycles. The van der Waals surface area contributed by atoms with Crippen LogP contribution in [-0.2, 0) is 22.1 Å². The summed E-state index contributed by atoms with van der Waals surface area (Å²) in [6.07, 6.45) is 4.38. The van der Waals surface area contributed by atoms with Crippen LogP contribution in [0.1, 0.15) is 69.4 Å². The maximum atomic E-state index is 12.7. The number of benzene rings is 1. The molecule has 1 N–H and O–H groups in total. The van der Waals surface area contributed by atoms with Crippen molar-refractivity contribution < 1.29 is 27.8 Å². The van der Waals surface area contributed by atoms with Gasteiger partial charge in [0.05, 0.1) is 5.56 Å². The minimum absolute atomic E-state index is 0.249. The number of unbranched alkanes of at least 4 members (excludes halogenated alkanes) is 5. The number of aryl methyl sites for hydroxylation is 1. The predicted octanol–water partition coefficient (Wildman–Crippen LogP) is 5.94. The molecular formula is C21H33F3O3. The number of ether oxygens (including phenoxy) is 2. The van der Waals surface area contributed by atoms with Crippen LogP contribution >= 0.6 is 0 Å². The van der Waals surface area contributed by atoms with Gasteiger partial charge in [-0.05, 0) is 37.0 Å². The number of halogens is 3. The van der Waals surface area contributed by atoms with E-state index >= 15 is 0 Å². The molecule has 6 heteroatoms. The van der Waals surface area contributed by atoms with Crippen molar-refractivity contribution in [3.05, 3.63) is 35.4 Å². The minimum atomic E-state index is -4.33. The van der Waals surface area contributed by atoms with Crippen molar-refractivity contribution in [3.63, 3.8) is 0 Å². The average molecular weight is 390 g/mol. The van der Waals surface area contributed by atoms with Crippen molar-refractivity contribution in [2.45, 2.75) is 76.9 Å². The monoisotopic (exact) mass is 390 g/mol. The summed E-state index contributed by atoms with van der Waals surface area (Å²) in [6.45, 7) is 2.18. The Balaban J connectivity index is 2.62. The van der Waals surface area contributed by atoms with Crippen molar-refractivity contribution in [3.8, 4) is 0 Å². The Morgan fingerprint density at radius 3 is 1.96 bits per heavy atom. The first-order valence-corrected chi connectivity index (χ1v) is 9.75. The van der Waals surface area contributed by atoms with Crippen LogP contribution in [0.25, 0.3) is 0 Å². The minimum Gasteiger partial charge on any atom is -0.343 e. The first-order valence-electron chi connectivity index (χ1n) is 9.75. The molecule has 0 aliphatic rings. The highest BCUT2D eigenvalue weighted by Crippen LogP contribution is 2.31. The molecule has 3 nitrogen and oxygen atoms in total. The Morgan fingerprint density at radius 2 is 1.44 bits per heavy atom. The average Bonchev–Trinajstić information content (AvgIpc) is 2.65. The zero-order valence-electron chi connectivity index (χ0n) is 16.6. The van der Waals surface area contributed by atoms with Crippen LogP contribution in [0.2, 0.25) is 0 Å². The molecule has 1 rings (SSSR count). The van der Waals surface area contributed by atoms with Gasteiger partial charge in [-0.3, -0.25) is 0 Å². The van der Waals surface area contributed by atoms with Crippen LogP contribution in [0.5, 0.6) is 0 Å². The molecule has 1 aromatic rings. The van der Waals surface area contributed by atoms with E-state index in [0.29, 0.717) is 12.8 Å². The molecule has 0 saturated heterocycles. The van der Waals surface area contributed by atoms with E-state index in [2.05, 4.69) is 6.92 Å². The summed E-state index contributed by atoms with van der Waals surface area (Å²) in [6, 6.07) is 5.17. The van der Waals surface area contributed by atoms with Gasteiger partial charge in [0, 0.05) is 20.1 Å². The quantitative estimate of drug-likeness (QED) is 0.334. The molecule has 0 heterocycles. The van der Waals surface area contributed by atoms with Crippen LogP contribution in [-0.4, -0.2) is 25.3 Å². The molecule has 27 heavy (non-hydrogen) atoms. The first kappa shape index (κ1) is 23.9. The largest absolute Gasteiger partial charge is 0.416 e. The molecule has 0 aliphatic carbocycles. The van der Waals surface area contributed by atoms with Crippen LogP contribution < -0.4 is 0 Å². The topological polar surface area (TPSA) is 38.7 Å². The van der Waals surface area contributed by atoms with E-state index in [1.54, 1.807) is 0 Å². The summed E-state index contributed by atoms with van der Waals surface area (Å²) in [5.74, 6) is -1.92. The zero-order valence-corrected chi connectivity index (χ0v) is 16.6. The third-order valence-electron chi connectivity index (χ3n) is 5.07. The Kier molecular flexibility index (Phi) is 10.3. The van der Waals surface area contributed by atoms with Crippen molar-refractivity contribution in [2.24, 2.45) is 5.92 Å². The second-order valence-electron chi connectivity index (χ2n) is 7.03. The van der Waals surface area contributed by atoms with Gasteiger partial charge in [-0.1, -0.05) is 57.6 Å². The van der Waals surface area contributed by atoms with Gasteiger partial charge in [0.1, 0.15) is 0 Å². The fraction of sp³-hybridized carbons (Fsp3) is 0.714. The lowest BCUT2D eigenvalue weighted by atomic mass is 9.91. The third-order valence-corrected chi connectivity index (χ3v) is 5.07. The van der Waals surface area contributed by atoms with Crippen molar-refractivity contribution in [1.82, 2.24) is 0 Å². The Labute approximate surface area is 160 Å². The highest BCUT2D eigenvalue weighted by Gasteiger charge is 2.36. The van der Waals surface area contributed by atoms with Crippen molar-refractivity contribution in [2.75, 3.05) is 14.2 Å². The molecule has 0 aromatic heterocycles. The summed E-state index contributed by atoms with van der Waals surface area (Å²) < 4.78 is 48.4. The number of rotatable bonds is 13. The molecule has 0 fully saturated rings. The normalized spacial score (nSPS) is 13.7. The number of methoxy groups -OCH3 is 2. The smallest absolute Gasteiger partial charge is 0.343 e. The second-order valence-corrected chi connectivity index (χ2v) is 7.03. The van der Waals surface area contributed by atoms with E-state index in [1.807, 2.05) is 0 Å². The summed E-state index contributed by atoms with van der Waals surface area (Å²) in [5, 5.41) is 10.6. The van der Waals surface area contributed by atoms with E-state index in [-0.39, 0.29) is 5.92 Å². The van der Waals surface area contributed by atoms with Gasteiger partial charge >= 0.3 is 6.18 Å². The zero-order chi connectivity index (χ0) is 20.3. The van der Waals surface area contributed by atoms with Crippen molar-refractivity contribution >= 4 is 0 Å². The molecule has 0 aliphatic heterocycles. The molecule has 1 unspecified atom stereocenters. The number of hydrogen-bond acceptors (Lipinski definition) is 3. The van der Waals surface area contributed by atoms with Crippen molar-refractivity contribution in [1.29, 1.82) is 0 Å². The molecule has 0 amide bonds. The molecule has 1 atom stereocenters. The van der Waals surface area contributed by atoms with Gasteiger partial charge in [0.2, 0.25) is 0 Å². The molecule has 0 spiro atoms. The van der Waals surface area contributed by atoms with Gasteiger partial charge in [-0.25, -0.2) is 0 Å². The molecule has 156 valence electrons. The van der Waals surface area contributed by atoms with E-state index < -0.39 is 17.7 Å². The molecule has 1 aromatic carbocycles. The fourth-order valence-electron chi connectivity index (χ4n) is 3.30. The Hall–Kier alpha value is -1.11. The van der Waals surface area contributed by atoms with Crippen LogP contribution in [0, 0.1) is 5.92 Å². The summed E-state index contributed by atoms with van der Waals surface area (Å²) in [5.41, 5.74) is 0.144. The maximum Gasteiger partial charge on any atom is 0.416 e. The van der Waals surface area contributed by atoms with Gasteiger partial charge < -0.3 is 14.6 Å². The summed E-state index contributed by atoms with van der Waals surface area (Å²) in [4.78, 5) is 0. The Bertz CT molecular complexity index is 510. The second kappa shape index (κ2) is 11.7. The third kappa shape index (κ3) is 8.20. The molecule has 0 radical (unpaired) electrons. The molecule has 0 bridgehead atoms. The lowest BCUT2D eigenvalue weighted by Crippen LogP contribution is -2.42. The highest BCUT2D eigenvalue weighted by molar-refractivity contribution is 5.24. The van der Waals surface area contributed by atoms with Crippen LogP contribution in [0.15, 0.2) is 24.3 Å².